The highest BCUT2D eigenvalue weighted by Crippen LogP contribution is 2.35. The van der Waals surface area contributed by atoms with Crippen LogP contribution in [0.3, 0.4) is 0 Å². The molecule has 0 unspecified atom stereocenters. The molecule has 0 saturated carbocycles. The summed E-state index contributed by atoms with van der Waals surface area (Å²) in [6.07, 6.45) is -4.08. The molecule has 1 aromatic carbocycles. The Labute approximate surface area is 160 Å². The molecule has 1 saturated heterocycles. The zero-order chi connectivity index (χ0) is 20.7. The molecule has 1 amide bonds. The highest BCUT2D eigenvalue weighted by atomic mass is 19.4. The van der Waals surface area contributed by atoms with Crippen LogP contribution < -0.4 is 0 Å². The van der Waals surface area contributed by atoms with Gasteiger partial charge in [0.05, 0.1) is 12.6 Å². The van der Waals surface area contributed by atoms with E-state index in [-0.39, 0.29) is 31.6 Å². The van der Waals surface area contributed by atoms with E-state index in [0.29, 0.717) is 11.1 Å². The normalized spacial score (nSPS) is 15.5. The number of aliphatic hydroxyl groups excluding tert-OH is 1. The van der Waals surface area contributed by atoms with Gasteiger partial charge in [-0.1, -0.05) is 24.3 Å². The molecule has 3 rings (SSSR count). The molecule has 28 heavy (non-hydrogen) atoms. The van der Waals surface area contributed by atoms with Gasteiger partial charge < -0.3 is 19.3 Å². The molecule has 2 aromatic rings. The third-order valence-electron chi connectivity index (χ3n) is 4.32. The Morgan fingerprint density at radius 1 is 1.21 bits per heavy atom. The van der Waals surface area contributed by atoms with Crippen LogP contribution in [0.4, 0.5) is 18.0 Å². The number of alkyl halides is 3. The maximum Gasteiger partial charge on any atom is 0.434 e. The highest BCUT2D eigenvalue weighted by Gasteiger charge is 2.39. The summed E-state index contributed by atoms with van der Waals surface area (Å²) in [4.78, 5) is 17.3. The minimum Gasteiger partial charge on any atom is -0.444 e. The summed E-state index contributed by atoms with van der Waals surface area (Å²) in [5.41, 5.74) is -0.467. The average molecular weight is 397 g/mol. The van der Waals surface area contributed by atoms with Gasteiger partial charge in [0.15, 0.2) is 5.69 Å². The Hall–Kier alpha value is -2.55. The summed E-state index contributed by atoms with van der Waals surface area (Å²) in [6, 6.07) is 6.18. The topological polar surface area (TPSA) is 67.6 Å². The summed E-state index contributed by atoms with van der Waals surface area (Å²) in [6.45, 7) is 5.58. The number of aliphatic hydroxyl groups is 1. The molecule has 1 aliphatic heterocycles. The highest BCUT2D eigenvalue weighted by molar-refractivity contribution is 5.69. The number of hydrogen-bond donors (Lipinski definition) is 1. The molecule has 0 radical (unpaired) electrons. The number of aromatic nitrogens is 2. The fourth-order valence-corrected chi connectivity index (χ4v) is 2.89. The lowest BCUT2D eigenvalue weighted by atomic mass is 10.1. The first-order chi connectivity index (χ1) is 13.0. The van der Waals surface area contributed by atoms with Crippen LogP contribution in [-0.2, 0) is 17.5 Å². The summed E-state index contributed by atoms with van der Waals surface area (Å²) in [5, 5.41) is 9.14. The number of carbonyl (C=O) groups is 1. The average Bonchev–Trinajstić information content (AvgIpc) is 2.97. The molecule has 6 nitrogen and oxygen atoms in total. The van der Waals surface area contributed by atoms with E-state index in [1.807, 2.05) is 0 Å². The van der Waals surface area contributed by atoms with E-state index in [1.54, 1.807) is 45.0 Å². The largest absolute Gasteiger partial charge is 0.444 e. The number of benzene rings is 1. The molecule has 1 aromatic heterocycles. The van der Waals surface area contributed by atoms with Gasteiger partial charge in [0.1, 0.15) is 11.4 Å². The predicted molar refractivity (Wildman–Crippen MR) is 95.4 cm³/mol. The molecule has 1 aliphatic rings. The number of rotatable bonds is 3. The van der Waals surface area contributed by atoms with Crippen molar-refractivity contribution in [2.24, 2.45) is 0 Å². The van der Waals surface area contributed by atoms with Crippen molar-refractivity contribution in [3.05, 3.63) is 41.7 Å². The minimum absolute atomic E-state index is 0.157. The van der Waals surface area contributed by atoms with Crippen LogP contribution in [0.15, 0.2) is 30.5 Å². The van der Waals surface area contributed by atoms with Gasteiger partial charge in [-0.2, -0.15) is 13.2 Å². The van der Waals surface area contributed by atoms with Gasteiger partial charge in [0.25, 0.3) is 0 Å². The molecular formula is C19H22F3N3O3. The van der Waals surface area contributed by atoms with Crippen molar-refractivity contribution in [1.29, 1.82) is 0 Å². The van der Waals surface area contributed by atoms with Crippen LogP contribution in [0.2, 0.25) is 0 Å². The second-order valence-electron chi connectivity index (χ2n) is 7.75. The number of hydrogen-bond acceptors (Lipinski definition) is 4. The van der Waals surface area contributed by atoms with Crippen molar-refractivity contribution in [1.82, 2.24) is 14.5 Å². The van der Waals surface area contributed by atoms with Gasteiger partial charge in [-0.3, -0.25) is 0 Å². The number of likely N-dealkylation sites (tertiary alicyclic amines) is 1. The zero-order valence-electron chi connectivity index (χ0n) is 15.8. The summed E-state index contributed by atoms with van der Waals surface area (Å²) in [7, 11) is 0. The first kappa shape index (κ1) is 20.2. The van der Waals surface area contributed by atoms with Gasteiger partial charge in [-0.15, -0.1) is 0 Å². The predicted octanol–water partition coefficient (Wildman–Crippen LogP) is 3.85. The first-order valence-corrected chi connectivity index (χ1v) is 8.82. The summed E-state index contributed by atoms with van der Waals surface area (Å²) < 4.78 is 46.3. The van der Waals surface area contributed by atoms with E-state index in [1.165, 1.54) is 9.47 Å². The van der Waals surface area contributed by atoms with Crippen LogP contribution in [0.1, 0.15) is 38.1 Å². The van der Waals surface area contributed by atoms with Crippen LogP contribution in [0.5, 0.6) is 0 Å². The smallest absolute Gasteiger partial charge is 0.434 e. The molecule has 0 bridgehead atoms. The van der Waals surface area contributed by atoms with Crippen molar-refractivity contribution in [2.45, 2.75) is 45.2 Å². The quantitative estimate of drug-likeness (QED) is 0.854. The maximum atomic E-state index is 13.2. The monoisotopic (exact) mass is 397 g/mol. The second kappa shape index (κ2) is 7.12. The van der Waals surface area contributed by atoms with Gasteiger partial charge in [-0.05, 0) is 26.3 Å². The molecule has 0 aliphatic carbocycles. The van der Waals surface area contributed by atoms with Gasteiger partial charge >= 0.3 is 12.3 Å². The Kier molecular flexibility index (Phi) is 5.14. The van der Waals surface area contributed by atoms with E-state index in [2.05, 4.69) is 4.98 Å². The third kappa shape index (κ3) is 4.30. The van der Waals surface area contributed by atoms with Crippen LogP contribution in [0.25, 0.3) is 11.4 Å². The van der Waals surface area contributed by atoms with Crippen LogP contribution in [-0.4, -0.2) is 44.3 Å². The molecule has 152 valence electrons. The van der Waals surface area contributed by atoms with E-state index < -0.39 is 23.6 Å². The van der Waals surface area contributed by atoms with Crippen molar-refractivity contribution in [3.63, 3.8) is 0 Å². The summed E-state index contributed by atoms with van der Waals surface area (Å²) in [5.74, 6) is 0.172. The molecule has 2 heterocycles. The number of ether oxygens (including phenoxy) is 1. The molecule has 1 N–H and O–H groups in total. The number of amides is 1. The molecule has 9 heteroatoms. The van der Waals surface area contributed by atoms with Crippen molar-refractivity contribution in [2.75, 3.05) is 13.1 Å². The maximum absolute atomic E-state index is 13.2. The standard InChI is InChI=1S/C19H22F3N3O3/c1-18(2,3)28-17(27)24-8-14(9-24)25-10-15(19(20,21)22)23-16(25)13-6-4-12(11-26)5-7-13/h4-7,10,14,26H,8-9,11H2,1-3H3. The number of carbonyl (C=O) groups excluding carboxylic acids is 1. The van der Waals surface area contributed by atoms with E-state index in [4.69, 9.17) is 9.84 Å². The lowest BCUT2D eigenvalue weighted by Gasteiger charge is -2.40. The lowest BCUT2D eigenvalue weighted by molar-refractivity contribution is -0.141. The van der Waals surface area contributed by atoms with Crippen molar-refractivity contribution >= 4 is 6.09 Å². The van der Waals surface area contributed by atoms with Crippen LogP contribution >= 0.6 is 0 Å². The third-order valence-corrected chi connectivity index (χ3v) is 4.32. The van der Waals surface area contributed by atoms with E-state index >= 15 is 0 Å². The fraction of sp³-hybridized carbons (Fsp3) is 0.474. The molecular weight excluding hydrogens is 375 g/mol. The Morgan fingerprint density at radius 2 is 1.82 bits per heavy atom. The first-order valence-electron chi connectivity index (χ1n) is 8.82. The van der Waals surface area contributed by atoms with Gasteiger partial charge in [-0.25, -0.2) is 9.78 Å². The van der Waals surface area contributed by atoms with E-state index in [0.717, 1.165) is 6.20 Å². The number of imidazole rings is 1. The number of halogens is 3. The Bertz CT molecular complexity index is 848. The van der Waals surface area contributed by atoms with Gasteiger partial charge in [0.2, 0.25) is 0 Å². The minimum atomic E-state index is -4.57. The number of nitrogens with zero attached hydrogens (tertiary/aromatic N) is 3. The van der Waals surface area contributed by atoms with Crippen molar-refractivity contribution in [3.8, 4) is 11.4 Å². The molecule has 0 atom stereocenters. The van der Waals surface area contributed by atoms with Crippen molar-refractivity contribution < 1.29 is 27.8 Å². The SMILES string of the molecule is CC(C)(C)OC(=O)N1CC(n2cc(C(F)(F)F)nc2-c2ccc(CO)cc2)C1. The Morgan fingerprint density at radius 3 is 2.32 bits per heavy atom. The lowest BCUT2D eigenvalue weighted by Crippen LogP contribution is -2.52. The molecule has 1 fully saturated rings. The van der Waals surface area contributed by atoms with E-state index in [9.17, 15) is 18.0 Å². The summed E-state index contributed by atoms with van der Waals surface area (Å²) >= 11 is 0. The van der Waals surface area contributed by atoms with Gasteiger partial charge in [0, 0.05) is 24.8 Å². The molecule has 0 spiro atoms. The van der Waals surface area contributed by atoms with Crippen LogP contribution in [0, 0.1) is 0 Å². The zero-order valence-corrected chi connectivity index (χ0v) is 15.8. The second-order valence-corrected chi connectivity index (χ2v) is 7.75. The Balaban J connectivity index is 1.84. The fourth-order valence-electron chi connectivity index (χ4n) is 2.89.